The highest BCUT2D eigenvalue weighted by Gasteiger charge is 2.50. The summed E-state index contributed by atoms with van der Waals surface area (Å²) in [7, 11) is 1.71. The molecule has 2 aromatic rings. The Kier molecular flexibility index (Phi) is 8.89. The molecule has 3 N–H and O–H groups in total. The minimum absolute atomic E-state index is 0.0780. The van der Waals surface area contributed by atoms with Gasteiger partial charge in [-0.3, -0.25) is 14.4 Å². The van der Waals surface area contributed by atoms with Crippen LogP contribution >= 0.6 is 0 Å². The predicted octanol–water partition coefficient (Wildman–Crippen LogP) is 1.80. The SMILES string of the molecule is CNCC(=O)NC(C)CCOC1CC(C)(C)C(C(=O)Nc2ccccc2-c2ncccn2)N1C=O. The molecule has 10 heteroatoms. The Bertz CT molecular complexity index is 1020. The van der Waals surface area contributed by atoms with Crippen molar-refractivity contribution in [1.82, 2.24) is 25.5 Å². The molecule has 0 radical (unpaired) electrons. The van der Waals surface area contributed by atoms with Crippen LogP contribution in [0.2, 0.25) is 0 Å². The molecule has 10 nitrogen and oxygen atoms in total. The fourth-order valence-corrected chi connectivity index (χ4v) is 4.37. The van der Waals surface area contributed by atoms with E-state index in [0.29, 0.717) is 42.9 Å². The Morgan fingerprint density at radius 3 is 2.63 bits per heavy atom. The zero-order valence-electron chi connectivity index (χ0n) is 20.7. The van der Waals surface area contributed by atoms with E-state index in [-0.39, 0.29) is 24.4 Å². The summed E-state index contributed by atoms with van der Waals surface area (Å²) in [6, 6.07) is 8.23. The summed E-state index contributed by atoms with van der Waals surface area (Å²) >= 11 is 0. The van der Waals surface area contributed by atoms with E-state index >= 15 is 0 Å². The number of carbonyl (C=O) groups is 3. The lowest BCUT2D eigenvalue weighted by Gasteiger charge is -2.30. The number of benzene rings is 1. The van der Waals surface area contributed by atoms with Crippen molar-refractivity contribution in [3.05, 3.63) is 42.7 Å². The van der Waals surface area contributed by atoms with E-state index in [4.69, 9.17) is 4.74 Å². The molecule has 3 rings (SSSR count). The Labute approximate surface area is 205 Å². The van der Waals surface area contributed by atoms with E-state index in [0.717, 1.165) is 0 Å². The molecule has 1 aliphatic rings. The number of aromatic nitrogens is 2. The van der Waals surface area contributed by atoms with Crippen molar-refractivity contribution < 1.29 is 19.1 Å². The fourth-order valence-electron chi connectivity index (χ4n) is 4.37. The number of likely N-dealkylation sites (N-methyl/N-ethyl adjacent to an activating group) is 1. The maximum atomic E-state index is 13.4. The van der Waals surface area contributed by atoms with Gasteiger partial charge in [0.05, 0.1) is 18.8 Å². The van der Waals surface area contributed by atoms with Crippen LogP contribution in [-0.2, 0) is 19.1 Å². The lowest BCUT2D eigenvalue weighted by atomic mass is 9.84. The highest BCUT2D eigenvalue weighted by Crippen LogP contribution is 2.41. The number of hydrogen-bond donors (Lipinski definition) is 3. The van der Waals surface area contributed by atoms with Crippen LogP contribution in [0.5, 0.6) is 0 Å². The quantitative estimate of drug-likeness (QED) is 0.417. The molecular weight excluding hydrogens is 448 g/mol. The first-order chi connectivity index (χ1) is 16.8. The van der Waals surface area contributed by atoms with Crippen LogP contribution in [0.4, 0.5) is 5.69 Å². The van der Waals surface area contributed by atoms with Gasteiger partial charge in [0.1, 0.15) is 12.3 Å². The molecule has 0 aliphatic carbocycles. The third-order valence-electron chi connectivity index (χ3n) is 6.04. The second-order valence-corrected chi connectivity index (χ2v) is 9.37. The fraction of sp³-hybridized carbons (Fsp3) is 0.480. The maximum Gasteiger partial charge on any atom is 0.247 e. The minimum Gasteiger partial charge on any atom is -0.358 e. The van der Waals surface area contributed by atoms with Crippen molar-refractivity contribution in [1.29, 1.82) is 0 Å². The van der Waals surface area contributed by atoms with Crippen LogP contribution in [0.15, 0.2) is 42.7 Å². The number of carbonyl (C=O) groups excluding carboxylic acids is 3. The average molecular weight is 483 g/mol. The first-order valence-corrected chi connectivity index (χ1v) is 11.7. The summed E-state index contributed by atoms with van der Waals surface area (Å²) in [6.07, 6.45) is 4.52. The van der Waals surface area contributed by atoms with Crippen LogP contribution in [0.3, 0.4) is 0 Å². The first-order valence-electron chi connectivity index (χ1n) is 11.7. The second kappa shape index (κ2) is 11.9. The molecule has 1 aromatic heterocycles. The molecule has 3 unspecified atom stereocenters. The van der Waals surface area contributed by atoms with Crippen LogP contribution in [0.1, 0.15) is 33.6 Å². The van der Waals surface area contributed by atoms with Gasteiger partial charge in [0, 0.05) is 24.0 Å². The number of ether oxygens (including phenoxy) is 1. The molecule has 0 spiro atoms. The number of hydrogen-bond acceptors (Lipinski definition) is 7. The van der Waals surface area contributed by atoms with Gasteiger partial charge >= 0.3 is 0 Å². The number of likely N-dealkylation sites (tertiary alicyclic amines) is 1. The number of amides is 3. The summed E-state index contributed by atoms with van der Waals surface area (Å²) in [5, 5.41) is 8.66. The summed E-state index contributed by atoms with van der Waals surface area (Å²) in [4.78, 5) is 47.2. The molecular formula is C25H34N6O4. The van der Waals surface area contributed by atoms with E-state index in [2.05, 4.69) is 25.9 Å². The van der Waals surface area contributed by atoms with Gasteiger partial charge in [-0.25, -0.2) is 9.97 Å². The van der Waals surface area contributed by atoms with Gasteiger partial charge in [-0.05, 0) is 50.4 Å². The van der Waals surface area contributed by atoms with Crippen LogP contribution in [-0.4, -0.2) is 71.6 Å². The molecule has 1 saturated heterocycles. The summed E-state index contributed by atoms with van der Waals surface area (Å²) in [5.74, 6) is 0.108. The van der Waals surface area contributed by atoms with Crippen molar-refractivity contribution in [2.45, 2.75) is 51.9 Å². The molecule has 0 saturated carbocycles. The minimum atomic E-state index is -0.720. The zero-order valence-corrected chi connectivity index (χ0v) is 20.7. The maximum absolute atomic E-state index is 13.4. The second-order valence-electron chi connectivity index (χ2n) is 9.37. The van der Waals surface area contributed by atoms with Gasteiger partial charge in [0.2, 0.25) is 18.2 Å². The highest BCUT2D eigenvalue weighted by molar-refractivity contribution is 5.99. The van der Waals surface area contributed by atoms with Crippen molar-refractivity contribution in [3.63, 3.8) is 0 Å². The third-order valence-corrected chi connectivity index (χ3v) is 6.04. The highest BCUT2D eigenvalue weighted by atomic mass is 16.5. The molecule has 3 amide bonds. The number of para-hydroxylation sites is 1. The molecule has 1 aliphatic heterocycles. The summed E-state index contributed by atoms with van der Waals surface area (Å²) in [5.41, 5.74) is 0.748. The number of nitrogens with one attached hydrogen (secondary N) is 3. The van der Waals surface area contributed by atoms with Crippen LogP contribution in [0, 0.1) is 5.41 Å². The smallest absolute Gasteiger partial charge is 0.247 e. The van der Waals surface area contributed by atoms with Crippen molar-refractivity contribution in [3.8, 4) is 11.4 Å². The van der Waals surface area contributed by atoms with Gasteiger partial charge in [-0.2, -0.15) is 0 Å². The Morgan fingerprint density at radius 2 is 1.94 bits per heavy atom. The first kappa shape index (κ1) is 26.2. The van der Waals surface area contributed by atoms with Crippen molar-refractivity contribution >= 4 is 23.9 Å². The molecule has 1 aromatic carbocycles. The molecule has 2 heterocycles. The largest absolute Gasteiger partial charge is 0.358 e. The van der Waals surface area contributed by atoms with Crippen molar-refractivity contribution in [2.75, 3.05) is 25.5 Å². The molecule has 1 fully saturated rings. The van der Waals surface area contributed by atoms with E-state index in [9.17, 15) is 14.4 Å². The van der Waals surface area contributed by atoms with Gasteiger partial charge in [-0.1, -0.05) is 26.0 Å². The van der Waals surface area contributed by atoms with Gasteiger partial charge in [0.25, 0.3) is 0 Å². The lowest BCUT2D eigenvalue weighted by Crippen LogP contribution is -2.48. The van der Waals surface area contributed by atoms with Crippen LogP contribution < -0.4 is 16.0 Å². The zero-order chi connectivity index (χ0) is 25.4. The molecule has 0 bridgehead atoms. The molecule has 3 atom stereocenters. The van der Waals surface area contributed by atoms with E-state index < -0.39 is 17.7 Å². The van der Waals surface area contributed by atoms with Gasteiger partial charge < -0.3 is 25.6 Å². The average Bonchev–Trinajstić information content (AvgIpc) is 3.09. The topological polar surface area (TPSA) is 126 Å². The Balaban J connectivity index is 1.67. The number of rotatable bonds is 11. The lowest BCUT2D eigenvalue weighted by molar-refractivity contribution is -0.139. The van der Waals surface area contributed by atoms with E-state index in [1.807, 2.05) is 39.0 Å². The van der Waals surface area contributed by atoms with Crippen molar-refractivity contribution in [2.24, 2.45) is 5.41 Å². The van der Waals surface area contributed by atoms with E-state index in [1.165, 1.54) is 4.90 Å². The predicted molar refractivity (Wildman–Crippen MR) is 132 cm³/mol. The van der Waals surface area contributed by atoms with Gasteiger partial charge in [0.15, 0.2) is 5.82 Å². The summed E-state index contributed by atoms with van der Waals surface area (Å²) in [6.45, 7) is 6.39. The molecule has 35 heavy (non-hydrogen) atoms. The third kappa shape index (κ3) is 6.61. The number of anilines is 1. The number of nitrogens with zero attached hydrogens (tertiary/aromatic N) is 3. The monoisotopic (exact) mass is 482 g/mol. The van der Waals surface area contributed by atoms with Gasteiger partial charge in [-0.15, -0.1) is 0 Å². The normalized spacial score (nSPS) is 19.7. The standard InChI is InChI=1S/C25H34N6O4/c1-17(29-20(33)15-26-4)10-13-35-21-14-25(2,3)22(31(21)16-32)24(34)30-19-9-6-5-8-18(19)23-27-11-7-12-28-23/h5-9,11-12,16-17,21-22,26H,10,13-15H2,1-4H3,(H,29,33)(H,30,34). The van der Waals surface area contributed by atoms with Crippen LogP contribution in [0.25, 0.3) is 11.4 Å². The summed E-state index contributed by atoms with van der Waals surface area (Å²) < 4.78 is 6.01. The van der Waals surface area contributed by atoms with E-state index in [1.54, 1.807) is 31.6 Å². The Morgan fingerprint density at radius 1 is 1.23 bits per heavy atom. The Hall–Kier alpha value is -3.37. The molecule has 188 valence electrons.